The zero-order valence-electron chi connectivity index (χ0n) is 11.3. The molecule has 2 amide bonds. The third-order valence-electron chi connectivity index (χ3n) is 2.79. The van der Waals surface area contributed by atoms with Crippen molar-refractivity contribution in [1.82, 2.24) is 5.32 Å². The number of hydrogen-bond acceptors (Lipinski definition) is 4. The number of anilines is 1. The Morgan fingerprint density at radius 2 is 2.29 bits per heavy atom. The fraction of sp³-hybridized carbons (Fsp3) is 0.214. The summed E-state index contributed by atoms with van der Waals surface area (Å²) >= 11 is 2.78. The number of rotatable bonds is 5. The predicted molar refractivity (Wildman–Crippen MR) is 84.5 cm³/mol. The summed E-state index contributed by atoms with van der Waals surface area (Å²) in [5.41, 5.74) is 1.13. The normalized spacial score (nSPS) is 12.0. The van der Waals surface area contributed by atoms with Crippen LogP contribution in [0, 0.1) is 5.82 Å². The number of thiophene rings is 1. The molecular weight excluding hydrogens is 311 g/mol. The highest BCUT2D eigenvalue weighted by molar-refractivity contribution is 7.98. The summed E-state index contributed by atoms with van der Waals surface area (Å²) in [7, 11) is 0. The summed E-state index contributed by atoms with van der Waals surface area (Å²) in [6.45, 7) is 0.0912. The van der Waals surface area contributed by atoms with Gasteiger partial charge in [0, 0.05) is 17.1 Å². The average molecular weight is 326 g/mol. The molecule has 0 spiro atoms. The van der Waals surface area contributed by atoms with Gasteiger partial charge in [0.15, 0.2) is 0 Å². The van der Waals surface area contributed by atoms with Crippen LogP contribution >= 0.6 is 23.1 Å². The van der Waals surface area contributed by atoms with Gasteiger partial charge in [0.25, 0.3) is 0 Å². The minimum atomic E-state index is -0.752. The van der Waals surface area contributed by atoms with E-state index in [1.165, 1.54) is 29.2 Å². The minimum absolute atomic E-state index is 0.0912. The van der Waals surface area contributed by atoms with Gasteiger partial charge < -0.3 is 15.7 Å². The SMILES string of the molecule is CSc1ccc(NC(=O)NCC(O)c2ccsc2)cc1F. The van der Waals surface area contributed by atoms with Gasteiger partial charge in [-0.1, -0.05) is 0 Å². The molecule has 21 heavy (non-hydrogen) atoms. The molecule has 1 aromatic heterocycles. The number of carbonyl (C=O) groups excluding carboxylic acids is 1. The lowest BCUT2D eigenvalue weighted by atomic mass is 10.2. The van der Waals surface area contributed by atoms with Crippen molar-refractivity contribution in [3.05, 3.63) is 46.4 Å². The molecule has 2 rings (SSSR count). The van der Waals surface area contributed by atoms with Crippen LogP contribution in [0.25, 0.3) is 0 Å². The lowest BCUT2D eigenvalue weighted by Crippen LogP contribution is -2.32. The van der Waals surface area contributed by atoms with Gasteiger partial charge in [0.2, 0.25) is 0 Å². The molecule has 0 aliphatic carbocycles. The maximum absolute atomic E-state index is 13.6. The molecule has 0 fully saturated rings. The Morgan fingerprint density at radius 3 is 2.90 bits per heavy atom. The first kappa shape index (κ1) is 15.8. The van der Waals surface area contributed by atoms with E-state index in [2.05, 4.69) is 10.6 Å². The lowest BCUT2D eigenvalue weighted by molar-refractivity contribution is 0.175. The highest BCUT2D eigenvalue weighted by atomic mass is 32.2. The first-order valence-electron chi connectivity index (χ1n) is 6.18. The van der Waals surface area contributed by atoms with Gasteiger partial charge in [-0.25, -0.2) is 9.18 Å². The van der Waals surface area contributed by atoms with Crippen LogP contribution in [0.3, 0.4) is 0 Å². The van der Waals surface area contributed by atoms with E-state index in [1.807, 2.05) is 10.8 Å². The van der Waals surface area contributed by atoms with Crippen LogP contribution in [0.5, 0.6) is 0 Å². The Labute approximate surface area is 130 Å². The number of urea groups is 1. The summed E-state index contributed by atoms with van der Waals surface area (Å²) < 4.78 is 13.6. The van der Waals surface area contributed by atoms with Crippen LogP contribution in [0.2, 0.25) is 0 Å². The molecule has 0 saturated heterocycles. The Bertz CT molecular complexity index is 605. The van der Waals surface area contributed by atoms with E-state index in [0.717, 1.165) is 5.56 Å². The second-order valence-corrected chi connectivity index (χ2v) is 5.88. The number of thioether (sulfide) groups is 1. The van der Waals surface area contributed by atoms with Crippen molar-refractivity contribution in [2.75, 3.05) is 18.1 Å². The van der Waals surface area contributed by atoms with Crippen LogP contribution in [0.4, 0.5) is 14.9 Å². The summed E-state index contributed by atoms with van der Waals surface area (Å²) in [5.74, 6) is -0.376. The molecule has 1 unspecified atom stereocenters. The Balaban J connectivity index is 1.86. The van der Waals surface area contributed by atoms with Gasteiger partial charge in [-0.2, -0.15) is 11.3 Å². The number of hydrogen-bond donors (Lipinski definition) is 3. The Kier molecular flexibility index (Phi) is 5.60. The number of aliphatic hydroxyl groups is 1. The van der Waals surface area contributed by atoms with Crippen LogP contribution in [-0.2, 0) is 0 Å². The average Bonchev–Trinajstić information content (AvgIpc) is 2.99. The maximum Gasteiger partial charge on any atom is 0.319 e. The summed E-state index contributed by atoms with van der Waals surface area (Å²) in [4.78, 5) is 12.2. The molecule has 0 bridgehead atoms. The molecule has 3 N–H and O–H groups in total. The maximum atomic E-state index is 13.6. The van der Waals surface area contributed by atoms with Crippen LogP contribution < -0.4 is 10.6 Å². The third-order valence-corrected chi connectivity index (χ3v) is 4.27. The quantitative estimate of drug-likeness (QED) is 0.737. The van der Waals surface area contributed by atoms with Crippen LogP contribution in [0.1, 0.15) is 11.7 Å². The smallest absolute Gasteiger partial charge is 0.319 e. The number of halogens is 1. The fourth-order valence-electron chi connectivity index (χ4n) is 1.69. The van der Waals surface area contributed by atoms with Gasteiger partial charge in [0.05, 0.1) is 6.10 Å². The Hall–Kier alpha value is -1.57. The van der Waals surface area contributed by atoms with Gasteiger partial charge in [-0.3, -0.25) is 0 Å². The molecule has 0 aliphatic rings. The van der Waals surface area contributed by atoms with E-state index in [4.69, 9.17) is 0 Å². The third kappa shape index (κ3) is 4.45. The van der Waals surface area contributed by atoms with Crippen molar-refractivity contribution < 1.29 is 14.3 Å². The molecule has 4 nitrogen and oxygen atoms in total. The summed E-state index contributed by atoms with van der Waals surface area (Å²) in [6, 6.07) is 5.81. The van der Waals surface area contributed by atoms with Crippen molar-refractivity contribution in [3.8, 4) is 0 Å². The highest BCUT2D eigenvalue weighted by Gasteiger charge is 2.10. The highest BCUT2D eigenvalue weighted by Crippen LogP contribution is 2.22. The van der Waals surface area contributed by atoms with E-state index < -0.39 is 12.1 Å². The van der Waals surface area contributed by atoms with Crippen LogP contribution in [0.15, 0.2) is 39.9 Å². The fourth-order valence-corrected chi connectivity index (χ4v) is 2.86. The molecule has 0 saturated carbocycles. The van der Waals surface area contributed by atoms with Crippen molar-refractivity contribution in [1.29, 1.82) is 0 Å². The van der Waals surface area contributed by atoms with Gasteiger partial charge >= 0.3 is 6.03 Å². The van der Waals surface area contributed by atoms with Gasteiger partial charge in [0.1, 0.15) is 5.82 Å². The number of carbonyl (C=O) groups is 1. The standard InChI is InChI=1S/C14H15FN2O2S2/c1-20-13-3-2-10(6-11(13)15)17-14(19)16-7-12(18)9-4-5-21-8-9/h2-6,8,12,18H,7H2,1H3,(H2,16,17,19). The number of amides is 2. The molecule has 112 valence electrons. The van der Waals surface area contributed by atoms with Crippen molar-refractivity contribution in [2.45, 2.75) is 11.0 Å². The van der Waals surface area contributed by atoms with E-state index in [-0.39, 0.29) is 12.4 Å². The molecule has 0 aliphatic heterocycles. The second-order valence-electron chi connectivity index (χ2n) is 4.26. The first-order valence-corrected chi connectivity index (χ1v) is 8.35. The summed E-state index contributed by atoms with van der Waals surface area (Å²) in [5, 5.41) is 18.6. The summed E-state index contributed by atoms with van der Waals surface area (Å²) in [6.07, 6.45) is 1.03. The molecule has 1 aromatic carbocycles. The molecule has 7 heteroatoms. The van der Waals surface area contributed by atoms with Gasteiger partial charge in [-0.15, -0.1) is 11.8 Å². The first-order chi connectivity index (χ1) is 10.1. The van der Waals surface area contributed by atoms with Crippen molar-refractivity contribution in [2.24, 2.45) is 0 Å². The number of nitrogens with one attached hydrogen (secondary N) is 2. The molecule has 2 aromatic rings. The van der Waals surface area contributed by atoms with E-state index >= 15 is 0 Å². The minimum Gasteiger partial charge on any atom is -0.387 e. The van der Waals surface area contributed by atoms with E-state index in [0.29, 0.717) is 10.6 Å². The van der Waals surface area contributed by atoms with E-state index in [9.17, 15) is 14.3 Å². The largest absolute Gasteiger partial charge is 0.387 e. The topological polar surface area (TPSA) is 61.4 Å². The zero-order valence-corrected chi connectivity index (χ0v) is 12.9. The van der Waals surface area contributed by atoms with Gasteiger partial charge in [-0.05, 0) is 46.8 Å². The Morgan fingerprint density at radius 1 is 1.48 bits per heavy atom. The van der Waals surface area contributed by atoms with Crippen LogP contribution in [-0.4, -0.2) is 23.9 Å². The monoisotopic (exact) mass is 326 g/mol. The van der Waals surface area contributed by atoms with E-state index in [1.54, 1.807) is 24.5 Å². The molecule has 1 atom stereocenters. The predicted octanol–water partition coefficient (Wildman–Crippen LogP) is 3.46. The molecule has 0 radical (unpaired) electrons. The number of benzene rings is 1. The van der Waals surface area contributed by atoms with Crippen molar-refractivity contribution in [3.63, 3.8) is 0 Å². The lowest BCUT2D eigenvalue weighted by Gasteiger charge is -2.12. The molecular formula is C14H15FN2O2S2. The second kappa shape index (κ2) is 7.44. The molecule has 1 heterocycles. The zero-order chi connectivity index (χ0) is 15.2. The van der Waals surface area contributed by atoms with Crippen molar-refractivity contribution >= 4 is 34.8 Å². The number of aliphatic hydroxyl groups excluding tert-OH is 1.